The van der Waals surface area contributed by atoms with Crippen molar-refractivity contribution in [2.75, 3.05) is 10.6 Å². The molecule has 0 heterocycles. The molecule has 1 aliphatic rings. The van der Waals surface area contributed by atoms with Crippen LogP contribution in [0.4, 0.5) is 16.2 Å². The van der Waals surface area contributed by atoms with Crippen LogP contribution in [0.5, 0.6) is 0 Å². The predicted molar refractivity (Wildman–Crippen MR) is 77.0 cm³/mol. The quantitative estimate of drug-likeness (QED) is 0.661. The number of anilines is 2. The van der Waals surface area contributed by atoms with E-state index in [1.165, 1.54) is 6.92 Å². The van der Waals surface area contributed by atoms with Gasteiger partial charge < -0.3 is 21.1 Å². The number of carbonyl (C=O) groups excluding carboxylic acids is 2. The SMILES string of the molecule is CC(=O)Nc1cccc(NC(=O)NC(C(=O)O)C2CC2)c1. The maximum Gasteiger partial charge on any atom is 0.326 e. The lowest BCUT2D eigenvalue weighted by Gasteiger charge is -2.14. The van der Waals surface area contributed by atoms with Gasteiger partial charge in [0.15, 0.2) is 0 Å². The largest absolute Gasteiger partial charge is 0.480 e. The first-order valence-corrected chi connectivity index (χ1v) is 6.63. The summed E-state index contributed by atoms with van der Waals surface area (Å²) in [6, 6.07) is 5.18. The number of aliphatic carboxylic acids is 1. The molecule has 21 heavy (non-hydrogen) atoms. The number of carbonyl (C=O) groups is 3. The zero-order valence-corrected chi connectivity index (χ0v) is 11.6. The maximum absolute atomic E-state index is 11.8. The van der Waals surface area contributed by atoms with Crippen molar-refractivity contribution in [3.63, 3.8) is 0 Å². The summed E-state index contributed by atoms with van der Waals surface area (Å²) in [4.78, 5) is 33.8. The van der Waals surface area contributed by atoms with E-state index >= 15 is 0 Å². The fourth-order valence-electron chi connectivity index (χ4n) is 2.00. The van der Waals surface area contributed by atoms with E-state index in [0.29, 0.717) is 11.4 Å². The predicted octanol–water partition coefficient (Wildman–Crippen LogP) is 1.63. The molecule has 2 rings (SSSR count). The fourth-order valence-corrected chi connectivity index (χ4v) is 2.00. The van der Waals surface area contributed by atoms with Gasteiger partial charge in [0.1, 0.15) is 6.04 Å². The Morgan fingerprint density at radius 3 is 2.33 bits per heavy atom. The second-order valence-corrected chi connectivity index (χ2v) is 5.01. The molecule has 0 radical (unpaired) electrons. The number of benzene rings is 1. The summed E-state index contributed by atoms with van der Waals surface area (Å²) in [5.41, 5.74) is 1.02. The number of rotatable bonds is 5. The minimum Gasteiger partial charge on any atom is -0.480 e. The van der Waals surface area contributed by atoms with Crippen molar-refractivity contribution >= 4 is 29.3 Å². The highest BCUT2D eigenvalue weighted by Crippen LogP contribution is 2.32. The van der Waals surface area contributed by atoms with E-state index in [2.05, 4.69) is 16.0 Å². The van der Waals surface area contributed by atoms with Gasteiger partial charge in [0.2, 0.25) is 5.91 Å². The Bertz CT molecular complexity index is 569. The average Bonchev–Trinajstić information content (AvgIpc) is 3.19. The molecule has 0 aromatic heterocycles. The Morgan fingerprint density at radius 2 is 1.81 bits per heavy atom. The zero-order chi connectivity index (χ0) is 15.4. The molecule has 0 aliphatic heterocycles. The summed E-state index contributed by atoms with van der Waals surface area (Å²) < 4.78 is 0. The van der Waals surface area contributed by atoms with Gasteiger partial charge in [0, 0.05) is 18.3 Å². The van der Waals surface area contributed by atoms with Crippen LogP contribution in [-0.4, -0.2) is 29.1 Å². The molecule has 0 bridgehead atoms. The molecule has 1 aliphatic carbocycles. The van der Waals surface area contributed by atoms with Crippen LogP contribution in [-0.2, 0) is 9.59 Å². The van der Waals surface area contributed by atoms with Crippen LogP contribution in [0.3, 0.4) is 0 Å². The van der Waals surface area contributed by atoms with Crippen LogP contribution < -0.4 is 16.0 Å². The van der Waals surface area contributed by atoms with Crippen LogP contribution in [0, 0.1) is 5.92 Å². The molecule has 1 saturated carbocycles. The molecule has 112 valence electrons. The van der Waals surface area contributed by atoms with Gasteiger partial charge in [-0.25, -0.2) is 9.59 Å². The Balaban J connectivity index is 1.95. The lowest BCUT2D eigenvalue weighted by Crippen LogP contribution is -2.44. The third-order valence-electron chi connectivity index (χ3n) is 3.09. The molecule has 0 spiro atoms. The molecule has 1 atom stereocenters. The molecule has 0 saturated heterocycles. The molecule has 1 aromatic carbocycles. The van der Waals surface area contributed by atoms with E-state index < -0.39 is 18.0 Å². The van der Waals surface area contributed by atoms with Gasteiger partial charge in [0.05, 0.1) is 0 Å². The van der Waals surface area contributed by atoms with Gasteiger partial charge in [-0.1, -0.05) is 6.07 Å². The summed E-state index contributed by atoms with van der Waals surface area (Å²) in [7, 11) is 0. The van der Waals surface area contributed by atoms with Gasteiger partial charge in [-0.05, 0) is 37.0 Å². The highest BCUT2D eigenvalue weighted by molar-refractivity contribution is 5.94. The molecule has 1 fully saturated rings. The van der Waals surface area contributed by atoms with Crippen molar-refractivity contribution in [2.45, 2.75) is 25.8 Å². The second kappa shape index (κ2) is 6.25. The highest BCUT2D eigenvalue weighted by atomic mass is 16.4. The summed E-state index contributed by atoms with van der Waals surface area (Å²) in [5.74, 6) is -1.23. The van der Waals surface area contributed by atoms with Crippen LogP contribution in [0.1, 0.15) is 19.8 Å². The van der Waals surface area contributed by atoms with E-state index in [1.54, 1.807) is 24.3 Å². The van der Waals surface area contributed by atoms with Gasteiger partial charge in [-0.15, -0.1) is 0 Å². The number of carboxylic acids is 1. The number of hydrogen-bond donors (Lipinski definition) is 4. The second-order valence-electron chi connectivity index (χ2n) is 5.01. The number of carboxylic acid groups (broad SMARTS) is 1. The molecule has 1 aromatic rings. The lowest BCUT2D eigenvalue weighted by atomic mass is 10.2. The first kappa shape index (κ1) is 14.8. The summed E-state index contributed by atoms with van der Waals surface area (Å²) in [6.45, 7) is 1.39. The van der Waals surface area contributed by atoms with E-state index in [1.807, 2.05) is 0 Å². The van der Waals surface area contributed by atoms with Crippen molar-refractivity contribution in [3.8, 4) is 0 Å². The Labute approximate surface area is 121 Å². The van der Waals surface area contributed by atoms with Crippen LogP contribution in [0.15, 0.2) is 24.3 Å². The number of urea groups is 1. The van der Waals surface area contributed by atoms with E-state index in [9.17, 15) is 14.4 Å². The minimum atomic E-state index is -1.03. The zero-order valence-electron chi connectivity index (χ0n) is 11.6. The number of nitrogens with one attached hydrogen (secondary N) is 3. The Hall–Kier alpha value is -2.57. The average molecular weight is 291 g/mol. The highest BCUT2D eigenvalue weighted by Gasteiger charge is 2.37. The summed E-state index contributed by atoms with van der Waals surface area (Å²) in [6.07, 6.45) is 1.63. The van der Waals surface area contributed by atoms with Crippen molar-refractivity contribution in [3.05, 3.63) is 24.3 Å². The normalized spacial score (nSPS) is 14.9. The van der Waals surface area contributed by atoms with Crippen LogP contribution in [0.25, 0.3) is 0 Å². The Morgan fingerprint density at radius 1 is 1.19 bits per heavy atom. The smallest absolute Gasteiger partial charge is 0.326 e. The fraction of sp³-hybridized carbons (Fsp3) is 0.357. The third-order valence-corrected chi connectivity index (χ3v) is 3.09. The van der Waals surface area contributed by atoms with Gasteiger partial charge in [-0.2, -0.15) is 0 Å². The molecule has 4 N–H and O–H groups in total. The van der Waals surface area contributed by atoms with Crippen LogP contribution >= 0.6 is 0 Å². The molecule has 3 amide bonds. The van der Waals surface area contributed by atoms with Crippen molar-refractivity contribution in [2.24, 2.45) is 5.92 Å². The van der Waals surface area contributed by atoms with E-state index in [0.717, 1.165) is 12.8 Å². The van der Waals surface area contributed by atoms with E-state index in [-0.39, 0.29) is 11.8 Å². The van der Waals surface area contributed by atoms with Gasteiger partial charge >= 0.3 is 12.0 Å². The third kappa shape index (κ3) is 4.48. The maximum atomic E-state index is 11.8. The first-order valence-electron chi connectivity index (χ1n) is 6.63. The first-order chi connectivity index (χ1) is 9.95. The topological polar surface area (TPSA) is 108 Å². The van der Waals surface area contributed by atoms with Crippen molar-refractivity contribution in [1.29, 1.82) is 0 Å². The Kier molecular flexibility index (Phi) is 4.42. The van der Waals surface area contributed by atoms with Crippen molar-refractivity contribution < 1.29 is 19.5 Å². The number of amides is 3. The standard InChI is InChI=1S/C14H17N3O4/c1-8(18)15-10-3-2-4-11(7-10)16-14(21)17-12(13(19)20)9-5-6-9/h2-4,7,9,12H,5-6H2,1H3,(H,15,18)(H,19,20)(H2,16,17,21). The molecule has 7 heteroatoms. The van der Waals surface area contributed by atoms with Gasteiger partial charge in [-0.3, -0.25) is 4.79 Å². The van der Waals surface area contributed by atoms with Crippen LogP contribution in [0.2, 0.25) is 0 Å². The summed E-state index contributed by atoms with van der Waals surface area (Å²) >= 11 is 0. The number of hydrogen-bond acceptors (Lipinski definition) is 3. The molecular formula is C14H17N3O4. The molecular weight excluding hydrogens is 274 g/mol. The van der Waals surface area contributed by atoms with Gasteiger partial charge in [0.25, 0.3) is 0 Å². The minimum absolute atomic E-state index is 0.0129. The van der Waals surface area contributed by atoms with E-state index in [4.69, 9.17) is 5.11 Å². The lowest BCUT2D eigenvalue weighted by molar-refractivity contribution is -0.139. The summed E-state index contributed by atoms with van der Waals surface area (Å²) in [5, 5.41) is 16.7. The van der Waals surface area contributed by atoms with Crippen molar-refractivity contribution in [1.82, 2.24) is 5.32 Å². The molecule has 1 unspecified atom stereocenters. The molecule has 7 nitrogen and oxygen atoms in total. The monoisotopic (exact) mass is 291 g/mol.